The van der Waals surface area contributed by atoms with Crippen LogP contribution in [0.25, 0.3) is 5.70 Å². The molecule has 1 aliphatic heterocycles. The Morgan fingerprint density at radius 3 is 2.84 bits per heavy atom. The largest absolute Gasteiger partial charge is 0.370 e. The van der Waals surface area contributed by atoms with Crippen LogP contribution in [0.4, 0.5) is 4.39 Å². The van der Waals surface area contributed by atoms with E-state index in [1.807, 2.05) is 6.08 Å². The molecule has 5 nitrogen and oxygen atoms in total. The number of carbonyl (C=O) groups is 1. The molecule has 1 aromatic carbocycles. The molecule has 2 aliphatic rings. The lowest BCUT2D eigenvalue weighted by Gasteiger charge is -2.38. The monoisotopic (exact) mass is 439 g/mol. The van der Waals surface area contributed by atoms with Crippen molar-refractivity contribution in [2.45, 2.75) is 44.7 Å². The minimum Gasteiger partial charge on any atom is -0.370 e. The fourth-order valence-corrected chi connectivity index (χ4v) is 4.37. The second-order valence-corrected chi connectivity index (χ2v) is 8.31. The highest BCUT2D eigenvalue weighted by Crippen LogP contribution is 2.35. The summed E-state index contributed by atoms with van der Waals surface area (Å²) in [4.78, 5) is 15.4. The number of hydrogen-bond donors (Lipinski definition) is 2. The van der Waals surface area contributed by atoms with Gasteiger partial charge in [-0.1, -0.05) is 50.3 Å². The van der Waals surface area contributed by atoms with Crippen molar-refractivity contribution in [2.24, 2.45) is 0 Å². The number of nitrogens with zero attached hydrogens (tertiary/aromatic N) is 1. The maximum Gasteiger partial charge on any atom is 0.246 e. The molecule has 0 radical (unpaired) electrons. The Hall–Kier alpha value is -2.70. The van der Waals surface area contributed by atoms with E-state index < -0.39 is 5.54 Å². The standard InChI is InChI=1S/C26H34FN3O2/c1-5-6-8-20-11-14-24-19(2)30(16-21(24)15-20)17-26(25(31)28-3,29-18-32-4)22-9-7-10-23(27)13-12-22/h9-15,29H,2,5-8,16-18H2,1,3-4H3,(H,28,31)/t26-/m0/s1. The predicted octanol–water partition coefficient (Wildman–Crippen LogP) is 4.23. The van der Waals surface area contributed by atoms with Crippen LogP contribution in [0, 0.1) is 0 Å². The number of allylic oxidation sites excluding steroid dienone is 4. The van der Waals surface area contributed by atoms with E-state index in [1.165, 1.54) is 23.3 Å². The van der Waals surface area contributed by atoms with Gasteiger partial charge in [-0.15, -0.1) is 0 Å². The van der Waals surface area contributed by atoms with Crippen molar-refractivity contribution < 1.29 is 13.9 Å². The second-order valence-electron chi connectivity index (χ2n) is 8.31. The fourth-order valence-electron chi connectivity index (χ4n) is 4.37. The van der Waals surface area contributed by atoms with E-state index in [4.69, 9.17) is 4.74 Å². The molecule has 1 heterocycles. The topological polar surface area (TPSA) is 53.6 Å². The second kappa shape index (κ2) is 10.7. The van der Waals surface area contributed by atoms with E-state index in [0.717, 1.165) is 30.5 Å². The van der Waals surface area contributed by atoms with Crippen LogP contribution in [-0.4, -0.2) is 43.8 Å². The van der Waals surface area contributed by atoms with Crippen LogP contribution in [0.1, 0.15) is 42.9 Å². The number of carbonyl (C=O) groups excluding carboxylic acids is 1. The summed E-state index contributed by atoms with van der Waals surface area (Å²) < 4.78 is 19.2. The van der Waals surface area contributed by atoms with Gasteiger partial charge in [0.25, 0.3) is 0 Å². The van der Waals surface area contributed by atoms with Crippen molar-refractivity contribution in [1.82, 2.24) is 15.5 Å². The average molecular weight is 440 g/mol. The number of nitrogens with one attached hydrogen (secondary N) is 2. The molecule has 0 saturated carbocycles. The zero-order valence-corrected chi connectivity index (χ0v) is 19.3. The molecule has 2 N–H and O–H groups in total. The van der Waals surface area contributed by atoms with Gasteiger partial charge < -0.3 is 15.0 Å². The first-order chi connectivity index (χ1) is 15.4. The number of amides is 1. The number of halogens is 1. The third-order valence-electron chi connectivity index (χ3n) is 6.17. The highest BCUT2D eigenvalue weighted by molar-refractivity contribution is 5.91. The summed E-state index contributed by atoms with van der Waals surface area (Å²) >= 11 is 0. The molecule has 0 bridgehead atoms. The normalized spacial score (nSPS) is 17.4. The molecular formula is C26H34FN3O2. The maximum atomic E-state index is 13.9. The van der Waals surface area contributed by atoms with Crippen molar-refractivity contribution in [3.63, 3.8) is 0 Å². The maximum absolute atomic E-state index is 13.9. The zero-order valence-electron chi connectivity index (χ0n) is 19.3. The van der Waals surface area contributed by atoms with Crippen LogP contribution in [-0.2, 0) is 22.5 Å². The van der Waals surface area contributed by atoms with Crippen LogP contribution in [0.2, 0.25) is 0 Å². The van der Waals surface area contributed by atoms with Gasteiger partial charge in [-0.05, 0) is 48.1 Å². The summed E-state index contributed by atoms with van der Waals surface area (Å²) in [5.74, 6) is -0.522. The summed E-state index contributed by atoms with van der Waals surface area (Å²) in [5.41, 5.74) is 4.11. The number of aryl methyl sites for hydroxylation is 1. The predicted molar refractivity (Wildman–Crippen MR) is 127 cm³/mol. The highest BCUT2D eigenvalue weighted by atomic mass is 19.1. The van der Waals surface area contributed by atoms with Crippen molar-refractivity contribution in [1.29, 1.82) is 0 Å². The first-order valence-electron chi connectivity index (χ1n) is 11.2. The summed E-state index contributed by atoms with van der Waals surface area (Å²) in [7, 11) is 3.18. The first kappa shape index (κ1) is 24.0. The molecule has 1 amide bonds. The van der Waals surface area contributed by atoms with Crippen LogP contribution in [0.15, 0.2) is 60.5 Å². The SMILES string of the molecule is C=C1c2ccc(CCCC)cc2CN1C[C@@](NCOC)(C(=O)NC)C1=CCC=C(F)C=C1. The lowest BCUT2D eigenvalue weighted by molar-refractivity contribution is -0.126. The molecule has 0 spiro atoms. The molecule has 6 heteroatoms. The number of unbranched alkanes of at least 4 members (excludes halogenated alkanes) is 1. The number of methoxy groups -OCH3 is 1. The van der Waals surface area contributed by atoms with Gasteiger partial charge in [0.15, 0.2) is 0 Å². The zero-order chi connectivity index (χ0) is 23.1. The summed E-state index contributed by atoms with van der Waals surface area (Å²) in [6, 6.07) is 6.56. The van der Waals surface area contributed by atoms with Crippen LogP contribution in [0.3, 0.4) is 0 Å². The lowest BCUT2D eigenvalue weighted by Crippen LogP contribution is -2.62. The van der Waals surface area contributed by atoms with Gasteiger partial charge >= 0.3 is 0 Å². The minimum absolute atomic E-state index is 0.170. The molecule has 0 unspecified atom stereocenters. The molecular weight excluding hydrogens is 405 g/mol. The Morgan fingerprint density at radius 1 is 1.31 bits per heavy atom. The van der Waals surface area contributed by atoms with Crippen molar-refractivity contribution in [3.8, 4) is 0 Å². The van der Waals surface area contributed by atoms with Gasteiger partial charge in [0, 0.05) is 38.5 Å². The lowest BCUT2D eigenvalue weighted by atomic mass is 9.86. The van der Waals surface area contributed by atoms with E-state index in [9.17, 15) is 9.18 Å². The third kappa shape index (κ3) is 5.03. The Kier molecular flexibility index (Phi) is 8.04. The van der Waals surface area contributed by atoms with E-state index in [2.05, 4.69) is 47.2 Å². The Morgan fingerprint density at radius 2 is 2.12 bits per heavy atom. The molecule has 0 aromatic heterocycles. The van der Waals surface area contributed by atoms with Crippen molar-refractivity contribution >= 4 is 11.6 Å². The summed E-state index contributed by atoms with van der Waals surface area (Å²) in [6.07, 6.45) is 10.2. The van der Waals surface area contributed by atoms with Crippen LogP contribution in [0.5, 0.6) is 0 Å². The number of benzene rings is 1. The van der Waals surface area contributed by atoms with Crippen molar-refractivity contribution in [2.75, 3.05) is 27.4 Å². The quantitative estimate of drug-likeness (QED) is 0.536. The van der Waals surface area contributed by atoms with Gasteiger partial charge in [-0.2, -0.15) is 0 Å². The molecule has 1 aliphatic carbocycles. The van der Waals surface area contributed by atoms with Gasteiger partial charge in [0.05, 0.1) is 6.73 Å². The van der Waals surface area contributed by atoms with Gasteiger partial charge in [-0.3, -0.25) is 10.1 Å². The Bertz CT molecular complexity index is 950. The van der Waals surface area contributed by atoms with Crippen LogP contribution < -0.4 is 10.6 Å². The number of fused-ring (bicyclic) bond motifs is 1. The van der Waals surface area contributed by atoms with Gasteiger partial charge in [-0.25, -0.2) is 4.39 Å². The molecule has 172 valence electrons. The number of hydrogen-bond acceptors (Lipinski definition) is 4. The fraction of sp³-hybridized carbons (Fsp3) is 0.423. The highest BCUT2D eigenvalue weighted by Gasteiger charge is 2.43. The molecule has 1 aromatic rings. The molecule has 1 atom stereocenters. The Labute approximate surface area is 190 Å². The average Bonchev–Trinajstić information content (AvgIpc) is 2.95. The van der Waals surface area contributed by atoms with E-state index in [0.29, 0.717) is 25.1 Å². The first-order valence-corrected chi connectivity index (χ1v) is 11.2. The van der Waals surface area contributed by atoms with E-state index >= 15 is 0 Å². The molecule has 0 fully saturated rings. The molecule has 3 rings (SSSR count). The third-order valence-corrected chi connectivity index (χ3v) is 6.17. The Balaban J connectivity index is 1.93. The minimum atomic E-state index is -1.13. The number of ether oxygens (including phenoxy) is 1. The number of rotatable bonds is 10. The van der Waals surface area contributed by atoms with Crippen LogP contribution >= 0.6 is 0 Å². The van der Waals surface area contributed by atoms with Gasteiger partial charge in [0.2, 0.25) is 5.91 Å². The van der Waals surface area contributed by atoms with E-state index in [-0.39, 0.29) is 18.5 Å². The van der Waals surface area contributed by atoms with E-state index in [1.54, 1.807) is 20.2 Å². The van der Waals surface area contributed by atoms with Gasteiger partial charge in [0.1, 0.15) is 11.4 Å². The summed E-state index contributed by atoms with van der Waals surface area (Å²) in [5, 5.41) is 6.06. The molecule has 0 saturated heterocycles. The summed E-state index contributed by atoms with van der Waals surface area (Å²) in [6.45, 7) is 7.70. The molecule has 32 heavy (non-hydrogen) atoms. The van der Waals surface area contributed by atoms with Crippen molar-refractivity contribution in [3.05, 3.63) is 77.2 Å². The number of likely N-dealkylation sites (N-methyl/N-ethyl adjacent to an activating group) is 1. The smallest absolute Gasteiger partial charge is 0.246 e.